The third-order valence-electron chi connectivity index (χ3n) is 5.53. The van der Waals surface area contributed by atoms with E-state index in [9.17, 15) is 9.00 Å². The molecule has 5 heteroatoms. The van der Waals surface area contributed by atoms with Crippen LogP contribution < -0.4 is 0 Å². The fraction of sp³-hybridized carbons (Fsp3) is 0.278. The monoisotopic (exact) mass is 343 g/mol. The van der Waals surface area contributed by atoms with Crippen LogP contribution >= 0.6 is 11.6 Å². The average molecular weight is 344 g/mol. The van der Waals surface area contributed by atoms with Gasteiger partial charge in [-0.15, -0.1) is 11.6 Å². The van der Waals surface area contributed by atoms with E-state index in [1.807, 2.05) is 24.3 Å². The normalized spacial score (nSPS) is 36.6. The Morgan fingerprint density at radius 3 is 2.00 bits per heavy atom. The lowest BCUT2D eigenvalue weighted by molar-refractivity contribution is -0.129. The molecule has 2 bridgehead atoms. The predicted octanol–water partition coefficient (Wildman–Crippen LogP) is 2.96. The third kappa shape index (κ3) is 1.38. The highest BCUT2D eigenvalue weighted by Gasteiger charge is 2.69. The van der Waals surface area contributed by atoms with Gasteiger partial charge in [0.25, 0.3) is 0 Å². The summed E-state index contributed by atoms with van der Waals surface area (Å²) in [6, 6.07) is 16.2. The summed E-state index contributed by atoms with van der Waals surface area (Å²) in [6.45, 7) is 0. The van der Waals surface area contributed by atoms with Gasteiger partial charge in [0.1, 0.15) is 11.0 Å². The number of halogens is 1. The molecule has 0 saturated carbocycles. The molecule has 3 unspecified atom stereocenters. The first kappa shape index (κ1) is 13.8. The predicted molar refractivity (Wildman–Crippen MR) is 89.6 cm³/mol. The van der Waals surface area contributed by atoms with Gasteiger partial charge in [-0.05, 0) is 22.3 Å². The molecule has 23 heavy (non-hydrogen) atoms. The number of benzene rings is 2. The SMILES string of the molecule is CN1C(=O)C2C3c4ccccc4C(c4ccccc43)C2(Cl)S1=O. The number of hydrogen-bond acceptors (Lipinski definition) is 2. The van der Waals surface area contributed by atoms with Crippen LogP contribution in [-0.4, -0.2) is 25.7 Å². The van der Waals surface area contributed by atoms with Crippen molar-refractivity contribution in [2.24, 2.45) is 5.92 Å². The van der Waals surface area contributed by atoms with Crippen LogP contribution in [0.1, 0.15) is 34.1 Å². The molecule has 2 aromatic rings. The lowest BCUT2D eigenvalue weighted by Crippen LogP contribution is -2.50. The van der Waals surface area contributed by atoms with Gasteiger partial charge in [-0.1, -0.05) is 48.5 Å². The Morgan fingerprint density at radius 2 is 1.48 bits per heavy atom. The third-order valence-corrected chi connectivity index (χ3v) is 8.08. The van der Waals surface area contributed by atoms with Gasteiger partial charge >= 0.3 is 0 Å². The minimum absolute atomic E-state index is 0.114. The zero-order valence-electron chi connectivity index (χ0n) is 12.4. The van der Waals surface area contributed by atoms with Gasteiger partial charge in [-0.3, -0.25) is 9.10 Å². The fourth-order valence-corrected chi connectivity index (χ4v) is 7.02. The van der Waals surface area contributed by atoms with Gasteiger partial charge < -0.3 is 0 Å². The van der Waals surface area contributed by atoms with Crippen LogP contribution in [0, 0.1) is 5.92 Å². The largest absolute Gasteiger partial charge is 0.273 e. The van der Waals surface area contributed by atoms with Crippen LogP contribution in [0.15, 0.2) is 48.5 Å². The van der Waals surface area contributed by atoms with Gasteiger partial charge in [0, 0.05) is 18.9 Å². The second-order valence-corrected chi connectivity index (χ2v) is 9.00. The molecule has 1 saturated heterocycles. The van der Waals surface area contributed by atoms with Crippen LogP contribution in [0.2, 0.25) is 0 Å². The van der Waals surface area contributed by atoms with Crippen molar-refractivity contribution in [1.82, 2.24) is 4.31 Å². The molecule has 0 N–H and O–H groups in total. The summed E-state index contributed by atoms with van der Waals surface area (Å²) in [7, 11) is 0.0483. The average Bonchev–Trinajstić information content (AvgIpc) is 2.76. The Kier molecular flexibility index (Phi) is 2.54. The zero-order valence-corrected chi connectivity index (χ0v) is 14.0. The molecule has 6 rings (SSSR count). The van der Waals surface area contributed by atoms with Crippen molar-refractivity contribution >= 4 is 28.5 Å². The van der Waals surface area contributed by atoms with Crippen molar-refractivity contribution in [2.75, 3.05) is 7.05 Å². The molecule has 3 nitrogen and oxygen atoms in total. The van der Waals surface area contributed by atoms with E-state index in [4.69, 9.17) is 11.6 Å². The highest BCUT2D eigenvalue weighted by Crippen LogP contribution is 2.66. The molecule has 116 valence electrons. The van der Waals surface area contributed by atoms with E-state index in [0.717, 1.165) is 22.3 Å². The Bertz CT molecular complexity index is 851. The summed E-state index contributed by atoms with van der Waals surface area (Å²) in [5.74, 6) is -0.922. The maximum atomic E-state index is 13.0. The molecule has 3 aliphatic carbocycles. The first-order valence-corrected chi connectivity index (χ1v) is 9.11. The second-order valence-electron chi connectivity index (χ2n) is 6.43. The Hall–Kier alpha value is -1.65. The molecule has 3 atom stereocenters. The van der Waals surface area contributed by atoms with Crippen molar-refractivity contribution in [3.05, 3.63) is 70.8 Å². The highest BCUT2D eigenvalue weighted by atomic mass is 35.5. The topological polar surface area (TPSA) is 37.4 Å². The summed E-state index contributed by atoms with van der Waals surface area (Å²) in [4.78, 5) is 12.8. The van der Waals surface area contributed by atoms with Gasteiger partial charge in [0.15, 0.2) is 4.21 Å². The summed E-state index contributed by atoms with van der Waals surface area (Å²) in [5.41, 5.74) is 4.52. The summed E-state index contributed by atoms with van der Waals surface area (Å²) >= 11 is 7.00. The molecule has 4 aliphatic rings. The van der Waals surface area contributed by atoms with Crippen LogP contribution in [0.5, 0.6) is 0 Å². The van der Waals surface area contributed by atoms with E-state index in [-0.39, 0.29) is 17.7 Å². The maximum absolute atomic E-state index is 13.0. The number of alkyl halides is 1. The Morgan fingerprint density at radius 1 is 1.00 bits per heavy atom. The van der Waals surface area contributed by atoms with Crippen molar-refractivity contribution in [3.8, 4) is 0 Å². The molecular formula is C18H14ClNO2S. The number of hydrogen-bond donors (Lipinski definition) is 0. The van der Waals surface area contributed by atoms with E-state index in [2.05, 4.69) is 24.3 Å². The van der Waals surface area contributed by atoms with E-state index < -0.39 is 21.1 Å². The molecule has 0 radical (unpaired) electrons. The van der Waals surface area contributed by atoms with Crippen molar-refractivity contribution in [3.63, 3.8) is 0 Å². The molecule has 1 heterocycles. The number of amides is 1. The molecule has 1 fully saturated rings. The summed E-state index contributed by atoms with van der Waals surface area (Å²) < 4.78 is 13.2. The van der Waals surface area contributed by atoms with Crippen LogP contribution in [-0.2, 0) is 15.8 Å². The highest BCUT2D eigenvalue weighted by molar-refractivity contribution is 7.86. The minimum Gasteiger partial charge on any atom is -0.273 e. The smallest absolute Gasteiger partial charge is 0.240 e. The van der Waals surface area contributed by atoms with Crippen LogP contribution in [0.4, 0.5) is 0 Å². The fourth-order valence-electron chi connectivity index (χ4n) is 4.65. The van der Waals surface area contributed by atoms with Gasteiger partial charge in [-0.2, -0.15) is 0 Å². The number of nitrogens with zero attached hydrogens (tertiary/aromatic N) is 1. The lowest BCUT2D eigenvalue weighted by atomic mass is 9.58. The van der Waals surface area contributed by atoms with E-state index in [0.29, 0.717) is 0 Å². The quantitative estimate of drug-likeness (QED) is 0.690. The second kappa shape index (κ2) is 4.25. The lowest BCUT2D eigenvalue weighted by Gasteiger charge is -2.49. The van der Waals surface area contributed by atoms with E-state index >= 15 is 0 Å². The number of carbonyl (C=O) groups excluding carboxylic acids is 1. The molecule has 1 aliphatic heterocycles. The first-order chi connectivity index (χ1) is 11.1. The van der Waals surface area contributed by atoms with Crippen LogP contribution in [0.25, 0.3) is 0 Å². The van der Waals surface area contributed by atoms with Gasteiger partial charge in [0.2, 0.25) is 5.91 Å². The van der Waals surface area contributed by atoms with E-state index in [1.54, 1.807) is 7.05 Å². The molecular weight excluding hydrogens is 330 g/mol. The molecule has 0 spiro atoms. The minimum atomic E-state index is -1.54. The van der Waals surface area contributed by atoms with Crippen molar-refractivity contribution in [1.29, 1.82) is 0 Å². The van der Waals surface area contributed by atoms with Gasteiger partial charge in [0.05, 0.1) is 5.92 Å². The Labute approximate surface area is 141 Å². The summed E-state index contributed by atoms with van der Waals surface area (Å²) in [6.07, 6.45) is 0. The molecule has 0 aromatic heterocycles. The van der Waals surface area contributed by atoms with Crippen molar-refractivity contribution in [2.45, 2.75) is 16.0 Å². The number of carbonyl (C=O) groups is 1. The standard InChI is InChI=1S/C18H14ClNO2S/c1-20-17(21)16-14-10-6-2-4-8-12(10)15(18(16,19)23(20)22)13-9-5-3-7-11(13)14/h2-9,14-16H,1H3. The van der Waals surface area contributed by atoms with Crippen molar-refractivity contribution < 1.29 is 9.00 Å². The van der Waals surface area contributed by atoms with Crippen LogP contribution in [0.3, 0.4) is 0 Å². The zero-order chi connectivity index (χ0) is 15.9. The maximum Gasteiger partial charge on any atom is 0.240 e. The van der Waals surface area contributed by atoms with Gasteiger partial charge in [-0.25, -0.2) is 4.21 Å². The molecule has 2 aromatic carbocycles. The Balaban J connectivity index is 1.91. The molecule has 1 amide bonds. The number of rotatable bonds is 0. The first-order valence-electron chi connectivity index (χ1n) is 7.63. The van der Waals surface area contributed by atoms with E-state index in [1.165, 1.54) is 4.31 Å². The summed E-state index contributed by atoms with van der Waals surface area (Å²) in [5, 5.41) is 0.